The minimum absolute atomic E-state index is 0. The first-order valence-corrected chi connectivity index (χ1v) is 9.44. The lowest BCUT2D eigenvalue weighted by Crippen LogP contribution is -2.75. The Morgan fingerprint density at radius 2 is 2.07 bits per heavy atom. The second-order valence-corrected chi connectivity index (χ2v) is 7.86. The van der Waals surface area contributed by atoms with Crippen LogP contribution in [0.3, 0.4) is 0 Å². The molecule has 0 radical (unpaired) electrons. The van der Waals surface area contributed by atoms with E-state index in [1.54, 1.807) is 0 Å². The summed E-state index contributed by atoms with van der Waals surface area (Å²) in [6, 6.07) is 3.75. The third kappa shape index (κ3) is 3.99. The van der Waals surface area contributed by atoms with Crippen molar-refractivity contribution in [2.45, 2.75) is 45.3 Å². The Morgan fingerprint density at radius 3 is 2.74 bits per heavy atom. The highest BCUT2D eigenvalue weighted by Crippen LogP contribution is 2.49. The molecule has 8 heteroatoms. The fraction of sp³-hybridized carbons (Fsp3) is 0.632. The number of benzene rings is 1. The lowest BCUT2D eigenvalue weighted by atomic mass is 9.54. The number of nitrogens with one attached hydrogen (secondary N) is 1. The summed E-state index contributed by atoms with van der Waals surface area (Å²) in [5.41, 5.74) is 6.07. The predicted octanol–water partition coefficient (Wildman–Crippen LogP) is 2.72. The Balaban J connectivity index is 0.00000261. The Morgan fingerprint density at radius 1 is 1.37 bits per heavy atom. The first kappa shape index (κ1) is 22.1. The maximum Gasteiger partial charge on any atom is 0.240 e. The molecule has 2 atom stereocenters. The summed E-state index contributed by atoms with van der Waals surface area (Å²) in [4.78, 5) is 12.6. The molecule has 1 heterocycles. The van der Waals surface area contributed by atoms with E-state index < -0.39 is 11.0 Å². The molecule has 6 nitrogen and oxygen atoms in total. The van der Waals surface area contributed by atoms with E-state index in [1.807, 2.05) is 32.9 Å². The van der Waals surface area contributed by atoms with Gasteiger partial charge in [0.2, 0.25) is 5.91 Å². The van der Waals surface area contributed by atoms with Gasteiger partial charge in [-0.1, -0.05) is 25.4 Å². The van der Waals surface area contributed by atoms with E-state index in [9.17, 15) is 4.79 Å². The Kier molecular flexibility index (Phi) is 6.90. The molecule has 0 saturated heterocycles. The van der Waals surface area contributed by atoms with Crippen molar-refractivity contribution in [3.63, 3.8) is 0 Å². The maximum absolute atomic E-state index is 12.6. The van der Waals surface area contributed by atoms with E-state index in [4.69, 9.17) is 31.5 Å². The van der Waals surface area contributed by atoms with Gasteiger partial charge in [-0.15, -0.1) is 12.4 Å². The number of carbonyl (C=O) groups excluding carboxylic acids is 1. The number of ether oxygens (including phenoxy) is 3. The molecule has 1 aliphatic heterocycles. The van der Waals surface area contributed by atoms with Gasteiger partial charge in [-0.2, -0.15) is 0 Å². The minimum atomic E-state index is -0.905. The first-order chi connectivity index (χ1) is 12.3. The molecular weight excluding hydrogens is 391 g/mol. The zero-order chi connectivity index (χ0) is 18.9. The largest absolute Gasteiger partial charge is 0.486 e. The molecule has 2 unspecified atom stereocenters. The lowest BCUT2D eigenvalue weighted by Gasteiger charge is -2.57. The second kappa shape index (κ2) is 8.43. The van der Waals surface area contributed by atoms with Crippen molar-refractivity contribution in [2.75, 3.05) is 26.4 Å². The van der Waals surface area contributed by atoms with Crippen LogP contribution in [0.5, 0.6) is 11.5 Å². The molecule has 0 spiro atoms. The molecule has 1 aromatic rings. The smallest absolute Gasteiger partial charge is 0.240 e. The molecule has 152 valence electrons. The number of hydrogen-bond acceptors (Lipinski definition) is 5. The van der Waals surface area contributed by atoms with E-state index in [0.717, 1.165) is 5.56 Å². The van der Waals surface area contributed by atoms with Crippen molar-refractivity contribution in [1.82, 2.24) is 5.32 Å². The number of nitrogens with two attached hydrogens (primary N) is 1. The molecule has 1 aromatic carbocycles. The summed E-state index contributed by atoms with van der Waals surface area (Å²) in [5.74, 6) is 1.10. The fourth-order valence-corrected chi connectivity index (χ4v) is 3.90. The number of rotatable bonds is 6. The zero-order valence-electron chi connectivity index (χ0n) is 16.0. The number of fused-ring (bicyclic) bond motifs is 1. The highest BCUT2D eigenvalue weighted by atomic mass is 35.5. The molecule has 3 N–H and O–H groups in total. The first-order valence-electron chi connectivity index (χ1n) is 9.06. The van der Waals surface area contributed by atoms with Crippen molar-refractivity contribution < 1.29 is 19.0 Å². The number of hydrogen-bond donors (Lipinski definition) is 2. The van der Waals surface area contributed by atoms with E-state index >= 15 is 0 Å². The van der Waals surface area contributed by atoms with E-state index in [0.29, 0.717) is 55.7 Å². The zero-order valence-corrected chi connectivity index (χ0v) is 17.5. The third-order valence-corrected chi connectivity index (χ3v) is 5.87. The summed E-state index contributed by atoms with van der Waals surface area (Å²) < 4.78 is 16.8. The molecule has 1 aliphatic carbocycles. The Bertz CT molecular complexity index is 699. The average molecular weight is 419 g/mol. The second-order valence-electron chi connectivity index (χ2n) is 7.45. The van der Waals surface area contributed by atoms with Crippen LogP contribution in [-0.2, 0) is 16.0 Å². The van der Waals surface area contributed by atoms with E-state index in [-0.39, 0.29) is 24.4 Å². The quantitative estimate of drug-likeness (QED) is 0.741. The predicted molar refractivity (Wildman–Crippen MR) is 107 cm³/mol. The highest BCUT2D eigenvalue weighted by molar-refractivity contribution is 6.32. The van der Waals surface area contributed by atoms with Crippen LogP contribution in [0.15, 0.2) is 12.1 Å². The van der Waals surface area contributed by atoms with Crippen molar-refractivity contribution in [1.29, 1.82) is 0 Å². The van der Waals surface area contributed by atoms with E-state index in [1.165, 1.54) is 0 Å². The molecule has 1 amide bonds. The van der Waals surface area contributed by atoms with Crippen molar-refractivity contribution >= 4 is 29.9 Å². The Labute approximate surface area is 171 Å². The van der Waals surface area contributed by atoms with E-state index in [2.05, 4.69) is 5.32 Å². The number of amides is 1. The molecule has 1 saturated carbocycles. The molecule has 1 fully saturated rings. The topological polar surface area (TPSA) is 82.8 Å². The van der Waals surface area contributed by atoms with Gasteiger partial charge in [-0.25, -0.2) is 0 Å². The number of halogens is 2. The maximum atomic E-state index is 12.6. The van der Waals surface area contributed by atoms with Gasteiger partial charge in [0.15, 0.2) is 11.5 Å². The monoisotopic (exact) mass is 418 g/mol. The third-order valence-electron chi connectivity index (χ3n) is 5.59. The van der Waals surface area contributed by atoms with Crippen LogP contribution in [0.1, 0.15) is 32.8 Å². The summed E-state index contributed by atoms with van der Waals surface area (Å²) in [5, 5.41) is 3.48. The molecule has 27 heavy (non-hydrogen) atoms. The fourth-order valence-electron chi connectivity index (χ4n) is 3.61. The lowest BCUT2D eigenvalue weighted by molar-refractivity contribution is -0.170. The highest BCUT2D eigenvalue weighted by Gasteiger charge is 2.62. The molecular formula is C19H28Cl2N2O4. The van der Waals surface area contributed by atoms with Crippen molar-refractivity contribution in [3.05, 3.63) is 22.7 Å². The van der Waals surface area contributed by atoms with Gasteiger partial charge in [0, 0.05) is 25.0 Å². The van der Waals surface area contributed by atoms with Crippen LogP contribution < -0.4 is 20.5 Å². The summed E-state index contributed by atoms with van der Waals surface area (Å²) >= 11 is 6.25. The van der Waals surface area contributed by atoms with Gasteiger partial charge < -0.3 is 25.3 Å². The van der Waals surface area contributed by atoms with Crippen LogP contribution in [0.25, 0.3) is 0 Å². The van der Waals surface area contributed by atoms with Crippen LogP contribution in [0.2, 0.25) is 5.02 Å². The SMILES string of the molecule is CCOC1CC(N)(C(=O)NCCc2cc(Cl)c3c(c2)OCCO3)C1(C)C.Cl. The summed E-state index contributed by atoms with van der Waals surface area (Å²) in [6.07, 6.45) is 1.18. The van der Waals surface area contributed by atoms with Gasteiger partial charge in [-0.05, 0) is 31.0 Å². The number of carbonyl (C=O) groups is 1. The van der Waals surface area contributed by atoms with Crippen molar-refractivity contribution in [3.8, 4) is 11.5 Å². The summed E-state index contributed by atoms with van der Waals surface area (Å²) in [7, 11) is 0. The minimum Gasteiger partial charge on any atom is -0.486 e. The van der Waals surface area contributed by atoms with Crippen molar-refractivity contribution in [2.24, 2.45) is 11.1 Å². The molecule has 0 bridgehead atoms. The van der Waals surface area contributed by atoms with Gasteiger partial charge in [-0.3, -0.25) is 4.79 Å². The van der Waals surface area contributed by atoms with Gasteiger partial charge >= 0.3 is 0 Å². The molecule has 3 rings (SSSR count). The van der Waals surface area contributed by atoms with Crippen LogP contribution in [0.4, 0.5) is 0 Å². The molecule has 0 aromatic heterocycles. The standard InChI is InChI=1S/C19H27ClN2O4.ClH/c1-4-24-15-11-19(21,18(15,2)3)17(23)22-6-5-12-9-13(20)16-14(10-12)25-7-8-26-16;/h9-10,15H,4-8,11,21H2,1-3H3,(H,22,23);1H. The van der Waals surface area contributed by atoms with Crippen LogP contribution in [0, 0.1) is 5.41 Å². The summed E-state index contributed by atoms with van der Waals surface area (Å²) in [6.45, 7) is 8.02. The normalized spacial score (nSPS) is 25.1. The average Bonchev–Trinajstić information content (AvgIpc) is 2.61. The van der Waals surface area contributed by atoms with Crippen LogP contribution >= 0.6 is 24.0 Å². The van der Waals surface area contributed by atoms with Gasteiger partial charge in [0.1, 0.15) is 18.8 Å². The molecule has 2 aliphatic rings. The van der Waals surface area contributed by atoms with Gasteiger partial charge in [0.05, 0.1) is 11.1 Å². The Hall–Kier alpha value is -1.21. The van der Waals surface area contributed by atoms with Gasteiger partial charge in [0.25, 0.3) is 0 Å². The van der Waals surface area contributed by atoms with Crippen LogP contribution in [-0.4, -0.2) is 43.9 Å².